The van der Waals surface area contributed by atoms with Crippen LogP contribution in [0.1, 0.15) is 46.5 Å². The minimum atomic E-state index is -0.400. The number of ether oxygens (including phenoxy) is 2. The maximum absolute atomic E-state index is 13.8. The quantitative estimate of drug-likeness (QED) is 0.219. The monoisotopic (exact) mass is 643 g/mol. The molecule has 3 fully saturated rings. The summed E-state index contributed by atoms with van der Waals surface area (Å²) in [4.78, 5) is 41.3. The van der Waals surface area contributed by atoms with E-state index in [1.54, 1.807) is 13.2 Å². The summed E-state index contributed by atoms with van der Waals surface area (Å²) in [5.41, 5.74) is 13.5. The Morgan fingerprint density at radius 1 is 0.979 bits per heavy atom. The molecule has 2 aliphatic carbocycles. The Bertz CT molecular complexity index is 2290. The first-order valence-corrected chi connectivity index (χ1v) is 16.6. The highest BCUT2D eigenvalue weighted by Crippen LogP contribution is 2.40. The molecule has 11 heteroatoms. The average molecular weight is 644 g/mol. The van der Waals surface area contributed by atoms with Crippen molar-refractivity contribution in [3.63, 3.8) is 0 Å². The van der Waals surface area contributed by atoms with Crippen molar-refractivity contribution in [2.75, 3.05) is 20.8 Å². The number of carbonyl (C=O) groups is 2. The van der Waals surface area contributed by atoms with E-state index in [4.69, 9.17) is 25.2 Å². The van der Waals surface area contributed by atoms with Crippen LogP contribution < -0.4 is 10.5 Å². The van der Waals surface area contributed by atoms with Gasteiger partial charge in [0.15, 0.2) is 5.82 Å². The number of methoxy groups -OCH3 is 2. The molecule has 9 rings (SSSR count). The van der Waals surface area contributed by atoms with E-state index in [-0.39, 0.29) is 18.0 Å². The number of likely N-dealkylation sites (tertiary alicyclic amines) is 1. The lowest BCUT2D eigenvalue weighted by Gasteiger charge is -2.27. The molecule has 1 aliphatic heterocycles. The number of imidazole rings is 1. The van der Waals surface area contributed by atoms with Gasteiger partial charge in [-0.1, -0.05) is 6.07 Å². The summed E-state index contributed by atoms with van der Waals surface area (Å²) in [5.74, 6) is 1.97. The molecule has 3 aliphatic rings. The lowest BCUT2D eigenvalue weighted by molar-refractivity contribution is 0.0594. The van der Waals surface area contributed by atoms with Crippen LogP contribution in [0.2, 0.25) is 0 Å². The SMILES string of the molecule is COC(=O)c1cc2cc(-c3ccc4cc(-c5nc6cc(C(=O)N7CC8CCC7[C@@H]8N)cc(OC)c6n5C)n(CC5CC5)c4n3)ccc2[nH]1. The number of hydrogen-bond acceptors (Lipinski definition) is 7. The van der Waals surface area contributed by atoms with Crippen molar-refractivity contribution in [1.29, 1.82) is 0 Å². The number of esters is 1. The third kappa shape index (κ3) is 4.44. The number of carbonyl (C=O) groups excluding carboxylic acids is 2. The van der Waals surface area contributed by atoms with E-state index in [0.717, 1.165) is 69.6 Å². The van der Waals surface area contributed by atoms with Gasteiger partial charge in [-0.2, -0.15) is 0 Å². The predicted molar refractivity (Wildman–Crippen MR) is 183 cm³/mol. The van der Waals surface area contributed by atoms with Gasteiger partial charge in [-0.15, -0.1) is 0 Å². The molecule has 0 spiro atoms. The molecule has 244 valence electrons. The highest BCUT2D eigenvalue weighted by atomic mass is 16.5. The van der Waals surface area contributed by atoms with Gasteiger partial charge in [-0.05, 0) is 86.1 Å². The van der Waals surface area contributed by atoms with Crippen LogP contribution in [0.25, 0.3) is 55.7 Å². The Hall–Kier alpha value is -5.16. The molecular formula is C37H37N7O4. The number of H-pyrrole nitrogens is 1. The molecule has 48 heavy (non-hydrogen) atoms. The molecule has 3 atom stereocenters. The summed E-state index contributed by atoms with van der Waals surface area (Å²) >= 11 is 0. The van der Waals surface area contributed by atoms with Crippen LogP contribution in [0.5, 0.6) is 5.75 Å². The molecule has 0 radical (unpaired) electrons. The number of aromatic nitrogens is 5. The van der Waals surface area contributed by atoms with E-state index in [9.17, 15) is 9.59 Å². The number of piperidine rings is 1. The van der Waals surface area contributed by atoms with E-state index in [0.29, 0.717) is 40.9 Å². The zero-order valence-corrected chi connectivity index (χ0v) is 27.2. The molecule has 3 N–H and O–H groups in total. The second-order valence-corrected chi connectivity index (χ2v) is 13.6. The zero-order valence-electron chi connectivity index (χ0n) is 27.2. The lowest BCUT2D eigenvalue weighted by Crippen LogP contribution is -2.41. The maximum Gasteiger partial charge on any atom is 0.354 e. The smallest absolute Gasteiger partial charge is 0.354 e. The van der Waals surface area contributed by atoms with Gasteiger partial charge in [-0.3, -0.25) is 4.79 Å². The van der Waals surface area contributed by atoms with Crippen LogP contribution in [-0.2, 0) is 18.3 Å². The Morgan fingerprint density at radius 2 is 1.83 bits per heavy atom. The van der Waals surface area contributed by atoms with Crippen molar-refractivity contribution in [3.05, 3.63) is 65.9 Å². The van der Waals surface area contributed by atoms with Crippen LogP contribution in [-0.4, -0.2) is 73.7 Å². The fourth-order valence-electron chi connectivity index (χ4n) is 8.00. The summed E-state index contributed by atoms with van der Waals surface area (Å²) in [6.45, 7) is 1.55. The Balaban J connectivity index is 1.13. The number of hydrogen-bond donors (Lipinski definition) is 2. The third-order valence-electron chi connectivity index (χ3n) is 10.7. The number of fused-ring (bicyclic) bond motifs is 5. The van der Waals surface area contributed by atoms with Gasteiger partial charge >= 0.3 is 5.97 Å². The summed E-state index contributed by atoms with van der Waals surface area (Å²) in [7, 11) is 5.01. The van der Waals surface area contributed by atoms with Crippen molar-refractivity contribution in [3.8, 4) is 28.5 Å². The van der Waals surface area contributed by atoms with Crippen LogP contribution >= 0.6 is 0 Å². The second kappa shape index (κ2) is 10.7. The van der Waals surface area contributed by atoms with Crippen LogP contribution in [0, 0.1) is 11.8 Å². The van der Waals surface area contributed by atoms with Gasteiger partial charge in [0, 0.05) is 59.6 Å². The van der Waals surface area contributed by atoms with E-state index in [1.165, 1.54) is 20.0 Å². The Labute approximate surface area is 276 Å². The van der Waals surface area contributed by atoms with Crippen LogP contribution in [0.15, 0.2) is 54.6 Å². The molecule has 1 amide bonds. The first-order chi connectivity index (χ1) is 23.3. The number of rotatable bonds is 7. The average Bonchev–Trinajstić information content (AvgIpc) is 3.36. The zero-order chi connectivity index (χ0) is 32.8. The number of nitrogens with zero attached hydrogens (tertiary/aromatic N) is 5. The van der Waals surface area contributed by atoms with Gasteiger partial charge in [-0.25, -0.2) is 14.8 Å². The molecular weight excluding hydrogens is 606 g/mol. The van der Waals surface area contributed by atoms with Crippen LogP contribution in [0.4, 0.5) is 0 Å². The first kappa shape index (κ1) is 29.0. The maximum atomic E-state index is 13.8. The Kier molecular flexibility index (Phi) is 6.45. The molecule has 2 unspecified atom stereocenters. The van der Waals surface area contributed by atoms with Crippen LogP contribution in [0.3, 0.4) is 0 Å². The molecule has 11 nitrogen and oxygen atoms in total. The normalized spacial score (nSPS) is 20.4. The molecule has 2 aromatic carbocycles. The molecule has 1 saturated heterocycles. The predicted octanol–water partition coefficient (Wildman–Crippen LogP) is 5.51. The minimum absolute atomic E-state index is 0.0102. The van der Waals surface area contributed by atoms with Crippen molar-refractivity contribution < 1.29 is 19.1 Å². The first-order valence-electron chi connectivity index (χ1n) is 16.6. The van der Waals surface area contributed by atoms with Crippen molar-refractivity contribution in [2.24, 2.45) is 24.6 Å². The minimum Gasteiger partial charge on any atom is -0.494 e. The lowest BCUT2D eigenvalue weighted by atomic mass is 10.1. The van der Waals surface area contributed by atoms with E-state index in [1.807, 2.05) is 48.3 Å². The van der Waals surface area contributed by atoms with E-state index >= 15 is 0 Å². The number of nitrogens with two attached hydrogens (primary N) is 1. The summed E-state index contributed by atoms with van der Waals surface area (Å²) in [5, 5.41) is 1.94. The third-order valence-corrected chi connectivity index (χ3v) is 10.7. The van der Waals surface area contributed by atoms with Gasteiger partial charge in [0.25, 0.3) is 5.91 Å². The molecule has 2 saturated carbocycles. The van der Waals surface area contributed by atoms with Crippen molar-refractivity contribution in [1.82, 2.24) is 29.0 Å². The number of pyridine rings is 1. The van der Waals surface area contributed by atoms with Crippen molar-refractivity contribution in [2.45, 2.75) is 44.3 Å². The molecule has 2 bridgehead atoms. The number of amides is 1. The van der Waals surface area contributed by atoms with Crippen molar-refractivity contribution >= 4 is 44.8 Å². The number of aromatic amines is 1. The Morgan fingerprint density at radius 3 is 2.56 bits per heavy atom. The summed E-state index contributed by atoms with van der Waals surface area (Å²) < 4.78 is 15.1. The number of benzene rings is 2. The van der Waals surface area contributed by atoms with Gasteiger partial charge < -0.3 is 34.2 Å². The largest absolute Gasteiger partial charge is 0.494 e. The van der Waals surface area contributed by atoms with Gasteiger partial charge in [0.05, 0.1) is 31.1 Å². The fourth-order valence-corrected chi connectivity index (χ4v) is 8.00. The molecule has 6 aromatic rings. The second-order valence-electron chi connectivity index (χ2n) is 13.6. The highest BCUT2D eigenvalue weighted by molar-refractivity contribution is 6.01. The number of aryl methyl sites for hydroxylation is 1. The molecule has 4 aromatic heterocycles. The van der Waals surface area contributed by atoms with Gasteiger partial charge in [0.2, 0.25) is 0 Å². The van der Waals surface area contributed by atoms with Gasteiger partial charge in [0.1, 0.15) is 22.6 Å². The van der Waals surface area contributed by atoms with E-state index in [2.05, 4.69) is 26.3 Å². The standard InChI is InChI=1S/C37H37N7O4/c1-42-33-27(14-24(16-31(33)47-2)36(45)44-18-22-8-11-29(44)32(22)38)41-35(42)30-15-21-7-10-25(40-34(21)43(30)17-19-4-5-19)20-6-9-26-23(12-20)13-28(39-26)37(46)48-3/h6-7,9-10,12-16,19,22,29,32,39H,4-5,8,11,17-18,38H2,1-3H3/t22?,29?,32-/m1/s1. The summed E-state index contributed by atoms with van der Waals surface area (Å²) in [6.07, 6.45) is 4.43. The molecule has 5 heterocycles. The number of nitrogens with one attached hydrogen (secondary N) is 1. The fraction of sp³-hybridized carbons (Fsp3) is 0.351. The highest BCUT2D eigenvalue weighted by Gasteiger charge is 2.47. The summed E-state index contributed by atoms with van der Waals surface area (Å²) in [6, 6.07) is 18.0. The van der Waals surface area contributed by atoms with E-state index < -0.39 is 5.97 Å². The topological polar surface area (TPSA) is 133 Å².